The highest BCUT2D eigenvalue weighted by Gasteiger charge is 2.15. The van der Waals surface area contributed by atoms with Crippen molar-refractivity contribution in [3.63, 3.8) is 0 Å². The number of carbonyl (C=O) groups excluding carboxylic acids is 2. The zero-order chi connectivity index (χ0) is 21.5. The molecule has 0 unspecified atom stereocenters. The Morgan fingerprint density at radius 1 is 1.10 bits per heavy atom. The van der Waals surface area contributed by atoms with E-state index in [1.54, 1.807) is 36.8 Å². The molecule has 0 aliphatic carbocycles. The summed E-state index contributed by atoms with van der Waals surface area (Å²) in [7, 11) is 3.09. The SMILES string of the molecule is CCOC(=O)Cn1c(=NC(=O)/C=C/c2ccccc2)sc2cc(OC)c(OC)cc21. The minimum absolute atomic E-state index is 0.0716. The molecule has 156 valence electrons. The minimum atomic E-state index is -0.429. The number of aromatic nitrogens is 1. The summed E-state index contributed by atoms with van der Waals surface area (Å²) in [4.78, 5) is 29.2. The lowest BCUT2D eigenvalue weighted by Crippen LogP contribution is -2.22. The Hall–Kier alpha value is -3.39. The quantitative estimate of drug-likeness (QED) is 0.427. The van der Waals surface area contributed by atoms with E-state index in [0.29, 0.717) is 21.8 Å². The summed E-state index contributed by atoms with van der Waals surface area (Å²) < 4.78 is 18.3. The average molecular weight is 426 g/mol. The van der Waals surface area contributed by atoms with Crippen LogP contribution in [0, 0.1) is 0 Å². The molecule has 1 aromatic heterocycles. The van der Waals surface area contributed by atoms with Gasteiger partial charge in [0.15, 0.2) is 16.3 Å². The molecule has 0 radical (unpaired) electrons. The van der Waals surface area contributed by atoms with E-state index >= 15 is 0 Å². The maximum absolute atomic E-state index is 12.4. The molecule has 0 spiro atoms. The third-order valence-electron chi connectivity index (χ3n) is 4.20. The van der Waals surface area contributed by atoms with Crippen LogP contribution in [0.4, 0.5) is 0 Å². The zero-order valence-electron chi connectivity index (χ0n) is 17.0. The predicted octanol–water partition coefficient (Wildman–Crippen LogP) is 3.42. The molecule has 1 heterocycles. The molecule has 7 nitrogen and oxygen atoms in total. The van der Waals surface area contributed by atoms with Gasteiger partial charge in [-0.2, -0.15) is 4.99 Å². The first-order valence-corrected chi connectivity index (χ1v) is 10.1. The van der Waals surface area contributed by atoms with Crippen LogP contribution >= 0.6 is 11.3 Å². The van der Waals surface area contributed by atoms with Crippen LogP contribution in [0.3, 0.4) is 0 Å². The van der Waals surface area contributed by atoms with Crippen molar-refractivity contribution in [2.75, 3.05) is 20.8 Å². The Labute approximate surface area is 177 Å². The second kappa shape index (κ2) is 9.89. The molecule has 0 bridgehead atoms. The van der Waals surface area contributed by atoms with Crippen LogP contribution in [0.1, 0.15) is 12.5 Å². The molecule has 0 atom stereocenters. The van der Waals surface area contributed by atoms with E-state index in [9.17, 15) is 9.59 Å². The van der Waals surface area contributed by atoms with E-state index in [1.165, 1.54) is 24.5 Å². The lowest BCUT2D eigenvalue weighted by atomic mass is 10.2. The smallest absolute Gasteiger partial charge is 0.326 e. The van der Waals surface area contributed by atoms with Crippen LogP contribution in [0.15, 0.2) is 53.5 Å². The van der Waals surface area contributed by atoms with Crippen LogP contribution in [-0.4, -0.2) is 37.3 Å². The predicted molar refractivity (Wildman–Crippen MR) is 116 cm³/mol. The van der Waals surface area contributed by atoms with Crippen molar-refractivity contribution in [1.82, 2.24) is 4.57 Å². The van der Waals surface area contributed by atoms with Gasteiger partial charge in [-0.1, -0.05) is 41.7 Å². The first kappa shape index (κ1) is 21.3. The number of ether oxygens (including phenoxy) is 3. The van der Waals surface area contributed by atoms with Crippen LogP contribution in [-0.2, 0) is 20.9 Å². The topological polar surface area (TPSA) is 79.1 Å². The van der Waals surface area contributed by atoms with Gasteiger partial charge in [-0.3, -0.25) is 9.59 Å². The number of amides is 1. The Morgan fingerprint density at radius 3 is 2.47 bits per heavy atom. The van der Waals surface area contributed by atoms with Crippen molar-refractivity contribution >= 4 is 39.5 Å². The number of rotatable bonds is 7. The van der Waals surface area contributed by atoms with Gasteiger partial charge in [-0.05, 0) is 18.6 Å². The Kier molecular flexibility index (Phi) is 7.03. The molecular formula is C22H22N2O5S. The van der Waals surface area contributed by atoms with Crippen LogP contribution in [0.2, 0.25) is 0 Å². The molecule has 8 heteroatoms. The summed E-state index contributed by atoms with van der Waals surface area (Å²) in [6.07, 6.45) is 3.09. The summed E-state index contributed by atoms with van der Waals surface area (Å²) in [6.45, 7) is 1.94. The molecule has 0 aliphatic rings. The number of hydrogen-bond acceptors (Lipinski definition) is 6. The Bertz CT molecular complexity index is 1150. The summed E-state index contributed by atoms with van der Waals surface area (Å²) in [5.74, 6) is 0.223. The summed E-state index contributed by atoms with van der Waals surface area (Å²) in [5, 5.41) is 0. The lowest BCUT2D eigenvalue weighted by Gasteiger charge is -2.09. The second-order valence-corrected chi connectivity index (χ2v) is 7.15. The molecule has 1 amide bonds. The molecule has 2 aromatic carbocycles. The van der Waals surface area contributed by atoms with Gasteiger partial charge < -0.3 is 18.8 Å². The van der Waals surface area contributed by atoms with E-state index in [-0.39, 0.29) is 13.2 Å². The number of hydrogen-bond donors (Lipinski definition) is 0. The van der Waals surface area contributed by atoms with E-state index in [4.69, 9.17) is 14.2 Å². The van der Waals surface area contributed by atoms with Gasteiger partial charge in [0.1, 0.15) is 6.54 Å². The molecule has 0 fully saturated rings. The molecule has 3 rings (SSSR count). The summed E-state index contributed by atoms with van der Waals surface area (Å²) in [6, 6.07) is 13.0. The number of thiazole rings is 1. The van der Waals surface area contributed by atoms with Gasteiger partial charge in [-0.15, -0.1) is 0 Å². The van der Waals surface area contributed by atoms with Gasteiger partial charge in [0.2, 0.25) is 0 Å². The molecular weight excluding hydrogens is 404 g/mol. The molecule has 0 saturated carbocycles. The first-order chi connectivity index (χ1) is 14.5. The van der Waals surface area contributed by atoms with Gasteiger partial charge in [0.25, 0.3) is 5.91 Å². The van der Waals surface area contributed by atoms with Gasteiger partial charge in [-0.25, -0.2) is 0 Å². The van der Waals surface area contributed by atoms with Crippen molar-refractivity contribution in [2.45, 2.75) is 13.5 Å². The number of nitrogens with zero attached hydrogens (tertiary/aromatic N) is 2. The van der Waals surface area contributed by atoms with Gasteiger partial charge in [0.05, 0.1) is 31.0 Å². The minimum Gasteiger partial charge on any atom is -0.493 e. The van der Waals surface area contributed by atoms with Crippen molar-refractivity contribution in [3.8, 4) is 11.5 Å². The number of carbonyl (C=O) groups is 2. The van der Waals surface area contributed by atoms with Crippen molar-refractivity contribution in [2.24, 2.45) is 4.99 Å². The highest BCUT2D eigenvalue weighted by molar-refractivity contribution is 7.16. The fraction of sp³-hybridized carbons (Fsp3) is 0.227. The van der Waals surface area contributed by atoms with Gasteiger partial charge >= 0.3 is 5.97 Å². The van der Waals surface area contributed by atoms with E-state index in [0.717, 1.165) is 10.3 Å². The Morgan fingerprint density at radius 2 is 1.80 bits per heavy atom. The number of methoxy groups -OCH3 is 2. The molecule has 0 aliphatic heterocycles. The van der Waals surface area contributed by atoms with E-state index < -0.39 is 11.9 Å². The van der Waals surface area contributed by atoms with Crippen LogP contribution in [0.25, 0.3) is 16.3 Å². The fourth-order valence-corrected chi connectivity index (χ4v) is 3.88. The third-order valence-corrected chi connectivity index (χ3v) is 5.25. The molecule has 3 aromatic rings. The highest BCUT2D eigenvalue weighted by atomic mass is 32.1. The largest absolute Gasteiger partial charge is 0.493 e. The summed E-state index contributed by atoms with van der Waals surface area (Å²) in [5.41, 5.74) is 1.59. The number of benzene rings is 2. The van der Waals surface area contributed by atoms with Crippen LogP contribution < -0.4 is 14.3 Å². The molecule has 30 heavy (non-hydrogen) atoms. The molecule has 0 N–H and O–H groups in total. The van der Waals surface area contributed by atoms with Crippen molar-refractivity contribution in [1.29, 1.82) is 0 Å². The molecule has 0 saturated heterocycles. The normalized spacial score (nSPS) is 11.8. The average Bonchev–Trinajstić information content (AvgIpc) is 3.07. The second-order valence-electron chi connectivity index (χ2n) is 6.14. The maximum Gasteiger partial charge on any atom is 0.326 e. The van der Waals surface area contributed by atoms with Gasteiger partial charge in [0, 0.05) is 18.2 Å². The maximum atomic E-state index is 12.4. The summed E-state index contributed by atoms with van der Waals surface area (Å²) >= 11 is 1.28. The van der Waals surface area contributed by atoms with Crippen molar-refractivity contribution < 1.29 is 23.8 Å². The monoisotopic (exact) mass is 426 g/mol. The lowest BCUT2D eigenvalue weighted by molar-refractivity contribution is -0.143. The van der Waals surface area contributed by atoms with E-state index in [2.05, 4.69) is 4.99 Å². The first-order valence-electron chi connectivity index (χ1n) is 9.28. The Balaban J connectivity index is 2.06. The number of esters is 1. The third kappa shape index (κ3) is 4.96. The number of fused-ring (bicyclic) bond motifs is 1. The fourth-order valence-electron chi connectivity index (χ4n) is 2.83. The van der Waals surface area contributed by atoms with E-state index in [1.807, 2.05) is 30.3 Å². The van der Waals surface area contributed by atoms with Crippen molar-refractivity contribution in [3.05, 3.63) is 58.9 Å². The highest BCUT2D eigenvalue weighted by Crippen LogP contribution is 2.33. The van der Waals surface area contributed by atoms with Crippen LogP contribution in [0.5, 0.6) is 11.5 Å². The standard InChI is InChI=1S/C22H22N2O5S/c1-4-29-21(26)14-24-16-12-17(27-2)18(28-3)13-19(16)30-22(24)23-20(25)11-10-15-8-6-5-7-9-15/h5-13H,4,14H2,1-3H3/b11-10+,23-22?. The zero-order valence-corrected chi connectivity index (χ0v) is 17.8.